The van der Waals surface area contributed by atoms with Crippen molar-refractivity contribution in [2.24, 2.45) is 11.8 Å². The van der Waals surface area contributed by atoms with Crippen molar-refractivity contribution in [3.63, 3.8) is 0 Å². The molecule has 1 aliphatic carbocycles. The van der Waals surface area contributed by atoms with E-state index in [1.807, 2.05) is 28.5 Å². The van der Waals surface area contributed by atoms with Crippen molar-refractivity contribution in [3.05, 3.63) is 69.6 Å². The van der Waals surface area contributed by atoms with Gasteiger partial charge in [-0.3, -0.25) is 14.4 Å². The maximum atomic E-state index is 13.3. The highest BCUT2D eigenvalue weighted by atomic mass is 16.2. The van der Waals surface area contributed by atoms with Gasteiger partial charge in [-0.05, 0) is 55.7 Å². The number of Topliss-reactive ketones (excluding diaryl/α,β-unsaturated/α-hetero) is 1. The van der Waals surface area contributed by atoms with Crippen molar-refractivity contribution in [1.29, 1.82) is 0 Å². The number of hydrogen-bond donors (Lipinski definition) is 0. The van der Waals surface area contributed by atoms with Crippen LogP contribution in [0.15, 0.2) is 47.3 Å². The molecule has 5 heteroatoms. The number of amides is 1. The van der Waals surface area contributed by atoms with Crippen LogP contribution >= 0.6 is 0 Å². The highest BCUT2D eigenvalue weighted by Gasteiger charge is 2.37. The number of fused-ring (bicyclic) bond motifs is 4. The molecule has 2 fully saturated rings. The summed E-state index contributed by atoms with van der Waals surface area (Å²) in [7, 11) is 0. The van der Waals surface area contributed by atoms with Crippen LogP contribution in [0.5, 0.6) is 0 Å². The molecular weight excluding hydrogens is 388 g/mol. The van der Waals surface area contributed by atoms with E-state index in [0.29, 0.717) is 24.8 Å². The molecular formula is C26H30N2O3. The second kappa shape index (κ2) is 8.10. The predicted molar refractivity (Wildman–Crippen MR) is 119 cm³/mol. The number of benzene rings is 1. The van der Waals surface area contributed by atoms with Crippen molar-refractivity contribution < 1.29 is 9.59 Å². The number of nitrogens with zero attached hydrogens (tertiary/aromatic N) is 2. The molecule has 2 bridgehead atoms. The molecule has 162 valence electrons. The van der Waals surface area contributed by atoms with E-state index in [1.54, 1.807) is 6.07 Å². The summed E-state index contributed by atoms with van der Waals surface area (Å²) in [5.41, 5.74) is 3.34. The third-order valence-electron chi connectivity index (χ3n) is 7.55. The molecule has 1 saturated carbocycles. The van der Waals surface area contributed by atoms with Crippen LogP contribution in [0.1, 0.15) is 61.3 Å². The maximum Gasteiger partial charge on any atom is 0.250 e. The van der Waals surface area contributed by atoms with E-state index in [0.717, 1.165) is 49.9 Å². The normalized spacial score (nSPS) is 25.9. The quantitative estimate of drug-likeness (QED) is 0.764. The average Bonchev–Trinajstić information content (AvgIpc) is 3.18. The second-order valence-corrected chi connectivity index (χ2v) is 9.66. The Balaban J connectivity index is 1.27. The van der Waals surface area contributed by atoms with Gasteiger partial charge in [0.15, 0.2) is 0 Å². The largest absolute Gasteiger partial charge is 0.341 e. The summed E-state index contributed by atoms with van der Waals surface area (Å²) in [6.45, 7) is 4.10. The Kier molecular flexibility index (Phi) is 5.28. The zero-order valence-corrected chi connectivity index (χ0v) is 18.1. The topological polar surface area (TPSA) is 59.4 Å². The fourth-order valence-electron chi connectivity index (χ4n) is 5.82. The highest BCUT2D eigenvalue weighted by molar-refractivity contribution is 5.84. The molecule has 2 unspecified atom stereocenters. The second-order valence-electron chi connectivity index (χ2n) is 9.66. The Morgan fingerprint density at radius 3 is 2.61 bits per heavy atom. The lowest BCUT2D eigenvalue weighted by atomic mass is 9.82. The van der Waals surface area contributed by atoms with Gasteiger partial charge in [0.1, 0.15) is 5.78 Å². The van der Waals surface area contributed by atoms with Gasteiger partial charge >= 0.3 is 0 Å². The molecule has 0 N–H and O–H groups in total. The molecule has 0 spiro atoms. The van der Waals surface area contributed by atoms with Crippen molar-refractivity contribution in [3.8, 4) is 0 Å². The zero-order valence-electron chi connectivity index (χ0n) is 18.1. The molecule has 5 nitrogen and oxygen atoms in total. The van der Waals surface area contributed by atoms with Gasteiger partial charge < -0.3 is 9.47 Å². The molecule has 1 saturated heterocycles. The Morgan fingerprint density at radius 1 is 1.06 bits per heavy atom. The van der Waals surface area contributed by atoms with Gasteiger partial charge in [-0.2, -0.15) is 0 Å². The number of carbonyl (C=O) groups is 2. The van der Waals surface area contributed by atoms with Gasteiger partial charge in [0, 0.05) is 49.7 Å². The molecule has 2 aromatic rings. The SMILES string of the molecule is C[C@H](C(=O)N1CC2CC(C1)c1cccc(=O)n1C2)c1ccc(C[C@@H]2CCCC2=O)cc1. The number of hydrogen-bond acceptors (Lipinski definition) is 3. The fraction of sp³-hybridized carbons (Fsp3) is 0.500. The van der Waals surface area contributed by atoms with Gasteiger partial charge in [0.25, 0.3) is 5.56 Å². The number of rotatable bonds is 4. The summed E-state index contributed by atoms with van der Waals surface area (Å²) in [6.07, 6.45) is 4.61. The first-order valence-corrected chi connectivity index (χ1v) is 11.6. The monoisotopic (exact) mass is 418 g/mol. The highest BCUT2D eigenvalue weighted by Crippen LogP contribution is 2.36. The summed E-state index contributed by atoms with van der Waals surface area (Å²) in [6, 6.07) is 13.8. The van der Waals surface area contributed by atoms with E-state index in [-0.39, 0.29) is 29.2 Å². The third kappa shape index (κ3) is 3.86. The van der Waals surface area contributed by atoms with E-state index >= 15 is 0 Å². The Labute approximate surface area is 183 Å². The minimum absolute atomic E-state index is 0.0692. The molecule has 3 aliphatic rings. The van der Waals surface area contributed by atoms with Crippen LogP contribution in [0, 0.1) is 11.8 Å². The molecule has 1 amide bonds. The number of piperidine rings is 1. The summed E-state index contributed by atoms with van der Waals surface area (Å²) < 4.78 is 1.90. The van der Waals surface area contributed by atoms with Crippen LogP contribution < -0.4 is 5.56 Å². The zero-order chi connectivity index (χ0) is 21.5. The van der Waals surface area contributed by atoms with Crippen LogP contribution in [-0.4, -0.2) is 34.2 Å². The molecule has 5 rings (SSSR count). The van der Waals surface area contributed by atoms with Crippen LogP contribution in [0.2, 0.25) is 0 Å². The molecule has 1 aromatic carbocycles. The summed E-state index contributed by atoms with van der Waals surface area (Å²) in [4.78, 5) is 39.5. The van der Waals surface area contributed by atoms with Gasteiger partial charge in [0.2, 0.25) is 5.91 Å². The molecule has 31 heavy (non-hydrogen) atoms. The lowest BCUT2D eigenvalue weighted by Gasteiger charge is -2.43. The predicted octanol–water partition coefficient (Wildman–Crippen LogP) is 3.51. The lowest BCUT2D eigenvalue weighted by Crippen LogP contribution is -2.50. The third-order valence-corrected chi connectivity index (χ3v) is 7.55. The van der Waals surface area contributed by atoms with Crippen LogP contribution in [0.4, 0.5) is 0 Å². The molecule has 1 aromatic heterocycles. The number of aromatic nitrogens is 1. The smallest absolute Gasteiger partial charge is 0.250 e. The van der Waals surface area contributed by atoms with Gasteiger partial charge in [-0.25, -0.2) is 0 Å². The molecule has 2 aliphatic heterocycles. The Morgan fingerprint density at radius 2 is 1.87 bits per heavy atom. The first-order valence-electron chi connectivity index (χ1n) is 11.6. The van der Waals surface area contributed by atoms with Gasteiger partial charge in [-0.15, -0.1) is 0 Å². The summed E-state index contributed by atoms with van der Waals surface area (Å²) in [5.74, 6) is 1.12. The first kappa shape index (κ1) is 20.2. The number of ketones is 1. The van der Waals surface area contributed by atoms with Crippen LogP contribution in [0.3, 0.4) is 0 Å². The first-order chi connectivity index (χ1) is 15.0. The maximum absolute atomic E-state index is 13.3. The summed E-state index contributed by atoms with van der Waals surface area (Å²) in [5, 5.41) is 0. The number of pyridine rings is 1. The minimum Gasteiger partial charge on any atom is -0.341 e. The van der Waals surface area contributed by atoms with Crippen LogP contribution in [-0.2, 0) is 22.6 Å². The molecule has 4 atom stereocenters. The average molecular weight is 419 g/mol. The van der Waals surface area contributed by atoms with E-state index in [1.165, 1.54) is 5.56 Å². The Bertz CT molecular complexity index is 1060. The minimum atomic E-state index is -0.195. The standard InChI is InChI=1S/C26H30N2O3/c1-17(20-10-8-18(9-11-20)12-21-4-2-6-24(21)29)26(31)27-14-19-13-22(16-27)23-5-3-7-25(30)28(23)15-19/h3,5,7-11,17,19,21-22H,2,4,6,12-16H2,1H3/t17-,19?,21-,22?/m0/s1. The van der Waals surface area contributed by atoms with Crippen molar-refractivity contribution in [2.75, 3.05) is 13.1 Å². The fourth-order valence-corrected chi connectivity index (χ4v) is 5.82. The van der Waals surface area contributed by atoms with Crippen molar-refractivity contribution in [1.82, 2.24) is 9.47 Å². The molecule has 3 heterocycles. The number of carbonyl (C=O) groups excluding carboxylic acids is 2. The van der Waals surface area contributed by atoms with E-state index in [2.05, 4.69) is 24.3 Å². The Hall–Kier alpha value is -2.69. The van der Waals surface area contributed by atoms with Gasteiger partial charge in [-0.1, -0.05) is 30.3 Å². The van der Waals surface area contributed by atoms with Crippen LogP contribution in [0.25, 0.3) is 0 Å². The van der Waals surface area contributed by atoms with E-state index in [9.17, 15) is 14.4 Å². The van der Waals surface area contributed by atoms with Crippen molar-refractivity contribution in [2.45, 2.75) is 57.4 Å². The van der Waals surface area contributed by atoms with E-state index < -0.39 is 0 Å². The van der Waals surface area contributed by atoms with E-state index in [4.69, 9.17) is 0 Å². The van der Waals surface area contributed by atoms with Crippen molar-refractivity contribution >= 4 is 11.7 Å². The summed E-state index contributed by atoms with van der Waals surface area (Å²) >= 11 is 0. The molecule has 0 radical (unpaired) electrons. The lowest BCUT2D eigenvalue weighted by molar-refractivity contribution is -0.135. The van der Waals surface area contributed by atoms with Gasteiger partial charge in [0.05, 0.1) is 5.92 Å². The number of likely N-dealkylation sites (tertiary alicyclic amines) is 1.